The molecule has 0 heterocycles. The molecule has 0 fully saturated rings. The summed E-state index contributed by atoms with van der Waals surface area (Å²) in [4.78, 5) is 17.9. The first-order chi connectivity index (χ1) is 12.1. The van der Waals surface area contributed by atoms with Crippen molar-refractivity contribution in [1.82, 2.24) is 0 Å². The number of benzene rings is 3. The lowest BCUT2D eigenvalue weighted by Crippen LogP contribution is -2.10. The zero-order valence-electron chi connectivity index (χ0n) is 14.3. The van der Waals surface area contributed by atoms with Crippen LogP contribution in [0.3, 0.4) is 0 Å². The molecule has 0 saturated carbocycles. The number of carbonyl (C=O) groups excluding carboxylic acids is 1. The van der Waals surface area contributed by atoms with Gasteiger partial charge in [-0.05, 0) is 48.4 Å². The molecule has 1 aliphatic rings. The Morgan fingerprint density at radius 1 is 0.920 bits per heavy atom. The number of carbonyl (C=O) groups is 1. The van der Waals surface area contributed by atoms with Gasteiger partial charge >= 0.3 is 0 Å². The Morgan fingerprint density at radius 3 is 2.32 bits per heavy atom. The van der Waals surface area contributed by atoms with E-state index in [9.17, 15) is 9.90 Å². The molecule has 0 aliphatic heterocycles. The highest BCUT2D eigenvalue weighted by Gasteiger charge is 2.31. The minimum atomic E-state index is -0.00815. The average molecular weight is 329 g/mol. The standard InChI is InChI=1S/C22H19NO2/c1-13-7-9-16-10-8-14(2)19-20(16)18(13)21(22(19)25)23-17-6-4-3-5-15(17)11-12-24/h3-10,24H,11-12H2,1-2H3. The van der Waals surface area contributed by atoms with Crippen LogP contribution in [0.4, 0.5) is 5.69 Å². The summed E-state index contributed by atoms with van der Waals surface area (Å²) in [6.07, 6.45) is 0.524. The lowest BCUT2D eigenvalue weighted by Gasteiger charge is -2.07. The first kappa shape index (κ1) is 15.7. The van der Waals surface area contributed by atoms with E-state index in [1.54, 1.807) is 0 Å². The van der Waals surface area contributed by atoms with Gasteiger partial charge in [0.2, 0.25) is 5.78 Å². The van der Waals surface area contributed by atoms with Crippen molar-refractivity contribution in [3.05, 3.63) is 76.3 Å². The molecule has 3 heteroatoms. The van der Waals surface area contributed by atoms with Crippen molar-refractivity contribution < 1.29 is 9.90 Å². The number of aryl methyl sites for hydroxylation is 2. The van der Waals surface area contributed by atoms with Crippen molar-refractivity contribution in [2.45, 2.75) is 20.3 Å². The topological polar surface area (TPSA) is 49.7 Å². The highest BCUT2D eigenvalue weighted by Crippen LogP contribution is 2.36. The third-order valence-corrected chi connectivity index (χ3v) is 4.89. The number of aliphatic imine (C=N–C) groups is 1. The highest BCUT2D eigenvalue weighted by molar-refractivity contribution is 6.60. The Bertz CT molecular complexity index is 1040. The number of Topliss-reactive ketones (excluding diaryl/α,β-unsaturated/α-hetero) is 1. The smallest absolute Gasteiger partial charge is 0.212 e. The van der Waals surface area contributed by atoms with E-state index in [4.69, 9.17) is 4.99 Å². The molecule has 4 rings (SSSR count). The summed E-state index contributed by atoms with van der Waals surface area (Å²) in [7, 11) is 0. The number of hydrogen-bond donors (Lipinski definition) is 1. The molecule has 0 amide bonds. The van der Waals surface area contributed by atoms with Gasteiger partial charge in [-0.15, -0.1) is 0 Å². The van der Waals surface area contributed by atoms with Gasteiger partial charge in [-0.2, -0.15) is 0 Å². The van der Waals surface area contributed by atoms with E-state index < -0.39 is 0 Å². The SMILES string of the molecule is Cc1ccc2ccc(C)c3c2c1C(=O)C3=Nc1ccccc1CCO. The molecule has 0 aromatic heterocycles. The Balaban J connectivity index is 2.00. The predicted molar refractivity (Wildman–Crippen MR) is 101 cm³/mol. The van der Waals surface area contributed by atoms with Crippen molar-refractivity contribution in [2.75, 3.05) is 6.61 Å². The molecule has 0 atom stereocenters. The summed E-state index contributed by atoms with van der Waals surface area (Å²) in [6.45, 7) is 4.06. The summed E-state index contributed by atoms with van der Waals surface area (Å²) in [6, 6.07) is 15.8. The summed E-state index contributed by atoms with van der Waals surface area (Å²) < 4.78 is 0. The molecule has 1 aliphatic carbocycles. The molecule has 1 N–H and O–H groups in total. The van der Waals surface area contributed by atoms with Crippen LogP contribution in [-0.4, -0.2) is 23.2 Å². The van der Waals surface area contributed by atoms with Crippen LogP contribution in [0, 0.1) is 13.8 Å². The van der Waals surface area contributed by atoms with Crippen molar-refractivity contribution in [3.8, 4) is 0 Å². The van der Waals surface area contributed by atoms with Crippen molar-refractivity contribution >= 4 is 28.0 Å². The van der Waals surface area contributed by atoms with Crippen LogP contribution in [-0.2, 0) is 6.42 Å². The van der Waals surface area contributed by atoms with Crippen LogP contribution < -0.4 is 0 Å². The number of rotatable bonds is 3. The Morgan fingerprint density at radius 2 is 1.60 bits per heavy atom. The lowest BCUT2D eigenvalue weighted by atomic mass is 9.98. The fraction of sp³-hybridized carbons (Fsp3) is 0.182. The molecule has 124 valence electrons. The fourth-order valence-electron chi connectivity index (χ4n) is 3.64. The third kappa shape index (κ3) is 2.39. The van der Waals surface area contributed by atoms with E-state index in [1.165, 1.54) is 0 Å². The van der Waals surface area contributed by atoms with Gasteiger partial charge in [0.1, 0.15) is 5.71 Å². The molecule has 0 radical (unpaired) electrons. The largest absolute Gasteiger partial charge is 0.396 e. The molecular weight excluding hydrogens is 310 g/mol. The van der Waals surface area contributed by atoms with Gasteiger partial charge in [0.05, 0.1) is 5.69 Å². The number of aliphatic hydroxyl groups is 1. The number of ketones is 1. The first-order valence-electron chi connectivity index (χ1n) is 8.47. The summed E-state index contributed by atoms with van der Waals surface area (Å²) >= 11 is 0. The van der Waals surface area contributed by atoms with Crippen LogP contribution in [0.2, 0.25) is 0 Å². The second-order valence-corrected chi connectivity index (χ2v) is 6.50. The van der Waals surface area contributed by atoms with Crippen LogP contribution >= 0.6 is 0 Å². The van der Waals surface area contributed by atoms with E-state index in [0.29, 0.717) is 12.1 Å². The van der Waals surface area contributed by atoms with Gasteiger partial charge in [-0.25, -0.2) is 4.99 Å². The van der Waals surface area contributed by atoms with Gasteiger partial charge in [0.15, 0.2) is 0 Å². The van der Waals surface area contributed by atoms with E-state index in [2.05, 4.69) is 12.1 Å². The molecule has 25 heavy (non-hydrogen) atoms. The molecule has 0 unspecified atom stereocenters. The average Bonchev–Trinajstić information content (AvgIpc) is 2.90. The number of aliphatic hydroxyl groups excluding tert-OH is 1. The molecule has 0 spiro atoms. The zero-order chi connectivity index (χ0) is 17.6. The maximum Gasteiger partial charge on any atom is 0.212 e. The minimum absolute atomic E-state index is 0.00815. The van der Waals surface area contributed by atoms with E-state index in [0.717, 1.165) is 44.3 Å². The first-order valence-corrected chi connectivity index (χ1v) is 8.47. The van der Waals surface area contributed by atoms with Crippen LogP contribution in [0.5, 0.6) is 0 Å². The monoisotopic (exact) mass is 329 g/mol. The maximum atomic E-state index is 13.1. The summed E-state index contributed by atoms with van der Waals surface area (Å²) in [5, 5.41) is 11.4. The minimum Gasteiger partial charge on any atom is -0.396 e. The lowest BCUT2D eigenvalue weighted by molar-refractivity contribution is 0.106. The van der Waals surface area contributed by atoms with Gasteiger partial charge in [-0.3, -0.25) is 4.79 Å². The molecule has 3 aromatic rings. The fourth-order valence-corrected chi connectivity index (χ4v) is 3.64. The van der Waals surface area contributed by atoms with Gasteiger partial charge in [0.25, 0.3) is 0 Å². The Kier molecular flexibility index (Phi) is 3.74. The van der Waals surface area contributed by atoms with Crippen molar-refractivity contribution in [3.63, 3.8) is 0 Å². The van der Waals surface area contributed by atoms with E-state index >= 15 is 0 Å². The van der Waals surface area contributed by atoms with Gasteiger partial charge in [0, 0.05) is 23.1 Å². The maximum absolute atomic E-state index is 13.1. The molecule has 3 aromatic carbocycles. The molecule has 0 bridgehead atoms. The third-order valence-electron chi connectivity index (χ3n) is 4.89. The molecule has 0 saturated heterocycles. The quantitative estimate of drug-likeness (QED) is 0.778. The van der Waals surface area contributed by atoms with Crippen LogP contribution in [0.25, 0.3) is 10.8 Å². The van der Waals surface area contributed by atoms with Crippen LogP contribution in [0.15, 0.2) is 53.5 Å². The van der Waals surface area contributed by atoms with Gasteiger partial charge < -0.3 is 5.11 Å². The molecule has 3 nitrogen and oxygen atoms in total. The van der Waals surface area contributed by atoms with Crippen molar-refractivity contribution in [1.29, 1.82) is 0 Å². The second kappa shape index (κ2) is 5.94. The normalized spacial score (nSPS) is 14.7. The zero-order valence-corrected chi connectivity index (χ0v) is 14.3. The number of nitrogens with zero attached hydrogens (tertiary/aromatic N) is 1. The van der Waals surface area contributed by atoms with Crippen molar-refractivity contribution in [2.24, 2.45) is 4.99 Å². The van der Waals surface area contributed by atoms with Crippen LogP contribution in [0.1, 0.15) is 32.6 Å². The van der Waals surface area contributed by atoms with E-state index in [1.807, 2.05) is 50.2 Å². The second-order valence-electron chi connectivity index (χ2n) is 6.50. The predicted octanol–water partition coefficient (Wildman–Crippen LogP) is 4.31. The Labute approximate surface area is 146 Å². The van der Waals surface area contributed by atoms with E-state index in [-0.39, 0.29) is 12.4 Å². The summed E-state index contributed by atoms with van der Waals surface area (Å²) in [5.74, 6) is -0.00815. The Hall–Kier alpha value is -2.78. The number of para-hydroxylation sites is 1. The number of hydrogen-bond acceptors (Lipinski definition) is 3. The summed E-state index contributed by atoms with van der Waals surface area (Å²) in [5.41, 5.74) is 5.97. The highest BCUT2D eigenvalue weighted by atomic mass is 16.3. The molecular formula is C22H19NO2. The van der Waals surface area contributed by atoms with Gasteiger partial charge in [-0.1, -0.05) is 42.5 Å².